The number of hydrogen-bond acceptors (Lipinski definition) is 5. The molecule has 26 heavy (non-hydrogen) atoms. The van der Waals surface area contributed by atoms with Gasteiger partial charge in [-0.2, -0.15) is 5.10 Å². The first kappa shape index (κ1) is 16.9. The van der Waals surface area contributed by atoms with Crippen LogP contribution in [-0.2, 0) is 30.9 Å². The fourth-order valence-corrected chi connectivity index (χ4v) is 3.46. The molecule has 0 saturated heterocycles. The van der Waals surface area contributed by atoms with Gasteiger partial charge in [0.15, 0.2) is 0 Å². The molecule has 0 aromatic carbocycles. The standard InChI is InChI=1S/C19H24N6O/c1-15-19-21-12-18(5-9-26-14-17-4-2-3-6-20-17)25(19)8-7-24(15)13-16-10-22-23-11-16/h2-4,6,10-12,15H,5,7-9,13-14H2,1H3,(H,22,23)/t15-/m1/s1. The predicted octanol–water partition coefficient (Wildman–Crippen LogP) is 2.34. The van der Waals surface area contributed by atoms with Crippen LogP contribution in [0.15, 0.2) is 43.0 Å². The van der Waals surface area contributed by atoms with Crippen molar-refractivity contribution in [3.63, 3.8) is 0 Å². The Bertz CT molecular complexity index is 814. The lowest BCUT2D eigenvalue weighted by Gasteiger charge is -2.34. The van der Waals surface area contributed by atoms with Crippen LogP contribution in [0.2, 0.25) is 0 Å². The number of aromatic amines is 1. The molecule has 0 unspecified atom stereocenters. The minimum atomic E-state index is 0.293. The van der Waals surface area contributed by atoms with Crippen LogP contribution in [0.25, 0.3) is 0 Å². The second-order valence-electron chi connectivity index (χ2n) is 6.64. The summed E-state index contributed by atoms with van der Waals surface area (Å²) in [5.41, 5.74) is 3.42. The van der Waals surface area contributed by atoms with Crippen molar-refractivity contribution in [2.24, 2.45) is 0 Å². The Morgan fingerprint density at radius 2 is 2.19 bits per heavy atom. The summed E-state index contributed by atoms with van der Waals surface area (Å²) in [4.78, 5) is 11.4. The molecule has 1 aliphatic heterocycles. The molecule has 0 radical (unpaired) electrons. The predicted molar refractivity (Wildman–Crippen MR) is 97.2 cm³/mol. The van der Waals surface area contributed by atoms with Crippen molar-refractivity contribution in [1.29, 1.82) is 0 Å². The number of nitrogens with one attached hydrogen (secondary N) is 1. The number of fused-ring (bicyclic) bond motifs is 1. The zero-order valence-electron chi connectivity index (χ0n) is 15.0. The summed E-state index contributed by atoms with van der Waals surface area (Å²) in [7, 11) is 0. The van der Waals surface area contributed by atoms with Crippen LogP contribution in [0.3, 0.4) is 0 Å². The topological polar surface area (TPSA) is 71.9 Å². The summed E-state index contributed by atoms with van der Waals surface area (Å²) in [6.45, 7) is 6.32. The van der Waals surface area contributed by atoms with Gasteiger partial charge >= 0.3 is 0 Å². The van der Waals surface area contributed by atoms with Crippen LogP contribution < -0.4 is 0 Å². The zero-order chi connectivity index (χ0) is 17.8. The van der Waals surface area contributed by atoms with Gasteiger partial charge in [0.25, 0.3) is 0 Å². The van der Waals surface area contributed by atoms with Gasteiger partial charge in [-0.05, 0) is 19.1 Å². The third-order valence-electron chi connectivity index (χ3n) is 4.92. The van der Waals surface area contributed by atoms with E-state index in [1.165, 1.54) is 11.3 Å². The quantitative estimate of drug-likeness (QED) is 0.661. The number of H-pyrrole nitrogens is 1. The number of pyridine rings is 1. The highest BCUT2D eigenvalue weighted by Crippen LogP contribution is 2.26. The molecule has 0 amide bonds. The van der Waals surface area contributed by atoms with E-state index in [1.54, 1.807) is 6.20 Å². The summed E-state index contributed by atoms with van der Waals surface area (Å²) in [6, 6.07) is 6.17. The lowest BCUT2D eigenvalue weighted by Crippen LogP contribution is -2.37. The lowest BCUT2D eigenvalue weighted by molar-refractivity contribution is 0.118. The highest BCUT2D eigenvalue weighted by molar-refractivity contribution is 5.13. The maximum Gasteiger partial charge on any atom is 0.126 e. The van der Waals surface area contributed by atoms with E-state index in [0.29, 0.717) is 19.3 Å². The Hall–Kier alpha value is -2.51. The lowest BCUT2D eigenvalue weighted by atomic mass is 10.2. The van der Waals surface area contributed by atoms with Gasteiger partial charge in [-0.3, -0.25) is 15.0 Å². The van der Waals surface area contributed by atoms with E-state index in [9.17, 15) is 0 Å². The second-order valence-corrected chi connectivity index (χ2v) is 6.64. The largest absolute Gasteiger partial charge is 0.375 e. The van der Waals surface area contributed by atoms with E-state index in [1.807, 2.05) is 36.8 Å². The zero-order valence-corrected chi connectivity index (χ0v) is 15.0. The molecule has 7 heteroatoms. The maximum absolute atomic E-state index is 5.78. The van der Waals surface area contributed by atoms with Crippen molar-refractivity contribution in [1.82, 2.24) is 29.6 Å². The average Bonchev–Trinajstić information content (AvgIpc) is 3.32. The first-order valence-electron chi connectivity index (χ1n) is 9.05. The molecular weight excluding hydrogens is 328 g/mol. The van der Waals surface area contributed by atoms with E-state index in [-0.39, 0.29) is 0 Å². The molecule has 1 N–H and O–H groups in total. The third-order valence-corrected chi connectivity index (χ3v) is 4.92. The minimum absolute atomic E-state index is 0.293. The summed E-state index contributed by atoms with van der Waals surface area (Å²) in [5.74, 6) is 1.14. The molecule has 136 valence electrons. The highest BCUT2D eigenvalue weighted by Gasteiger charge is 2.26. The fourth-order valence-electron chi connectivity index (χ4n) is 3.46. The Morgan fingerprint density at radius 3 is 3.00 bits per heavy atom. The van der Waals surface area contributed by atoms with E-state index >= 15 is 0 Å². The number of nitrogens with zero attached hydrogens (tertiary/aromatic N) is 5. The van der Waals surface area contributed by atoms with Crippen molar-refractivity contribution in [2.75, 3.05) is 13.2 Å². The van der Waals surface area contributed by atoms with E-state index in [2.05, 4.69) is 36.6 Å². The Morgan fingerprint density at radius 1 is 1.23 bits per heavy atom. The normalized spacial score (nSPS) is 17.3. The maximum atomic E-state index is 5.78. The molecule has 3 aromatic heterocycles. The summed E-state index contributed by atoms with van der Waals surface area (Å²) in [6.07, 6.45) is 8.50. The first-order chi connectivity index (χ1) is 12.8. The van der Waals surface area contributed by atoms with E-state index in [0.717, 1.165) is 37.6 Å². The minimum Gasteiger partial charge on any atom is -0.375 e. The number of rotatable bonds is 7. The molecule has 0 saturated carbocycles. The number of imidazole rings is 1. The van der Waals surface area contributed by atoms with Crippen LogP contribution in [0.5, 0.6) is 0 Å². The molecule has 7 nitrogen and oxygen atoms in total. The molecule has 0 bridgehead atoms. The van der Waals surface area contributed by atoms with Crippen molar-refractivity contribution in [3.05, 3.63) is 65.8 Å². The van der Waals surface area contributed by atoms with Crippen LogP contribution in [-0.4, -0.2) is 42.8 Å². The molecule has 1 atom stereocenters. The first-order valence-corrected chi connectivity index (χ1v) is 9.05. The van der Waals surface area contributed by atoms with E-state index in [4.69, 9.17) is 4.74 Å². The van der Waals surface area contributed by atoms with Gasteiger partial charge in [-0.25, -0.2) is 4.98 Å². The Kier molecular flexibility index (Phi) is 5.08. The van der Waals surface area contributed by atoms with E-state index < -0.39 is 0 Å². The van der Waals surface area contributed by atoms with Gasteiger partial charge < -0.3 is 9.30 Å². The molecular formula is C19H24N6O. The fraction of sp³-hybridized carbons (Fsp3) is 0.421. The monoisotopic (exact) mass is 352 g/mol. The van der Waals surface area contributed by atoms with Gasteiger partial charge in [0, 0.05) is 55.9 Å². The van der Waals surface area contributed by atoms with Crippen LogP contribution in [0, 0.1) is 0 Å². The van der Waals surface area contributed by atoms with Gasteiger partial charge in [0.05, 0.1) is 31.1 Å². The van der Waals surface area contributed by atoms with Crippen molar-refractivity contribution in [2.45, 2.75) is 39.1 Å². The van der Waals surface area contributed by atoms with Crippen LogP contribution in [0.4, 0.5) is 0 Å². The molecule has 0 aliphatic carbocycles. The van der Waals surface area contributed by atoms with Crippen molar-refractivity contribution >= 4 is 0 Å². The summed E-state index contributed by atoms with van der Waals surface area (Å²) in [5, 5.41) is 6.92. The Labute approximate surface area is 153 Å². The number of ether oxygens (including phenoxy) is 1. The average molecular weight is 352 g/mol. The number of aromatic nitrogens is 5. The molecule has 4 rings (SSSR count). The summed E-state index contributed by atoms with van der Waals surface area (Å²) < 4.78 is 8.13. The van der Waals surface area contributed by atoms with Gasteiger partial charge in [-0.15, -0.1) is 0 Å². The summed E-state index contributed by atoms with van der Waals surface area (Å²) >= 11 is 0. The Balaban J connectivity index is 1.33. The molecule has 0 spiro atoms. The number of hydrogen-bond donors (Lipinski definition) is 1. The third kappa shape index (κ3) is 3.68. The van der Waals surface area contributed by atoms with Gasteiger partial charge in [-0.1, -0.05) is 6.07 Å². The van der Waals surface area contributed by atoms with Gasteiger partial charge in [0.1, 0.15) is 5.82 Å². The second kappa shape index (κ2) is 7.80. The van der Waals surface area contributed by atoms with Crippen molar-refractivity contribution in [3.8, 4) is 0 Å². The molecule has 1 aliphatic rings. The smallest absolute Gasteiger partial charge is 0.126 e. The van der Waals surface area contributed by atoms with Crippen LogP contribution in [0.1, 0.15) is 35.7 Å². The molecule has 0 fully saturated rings. The molecule has 4 heterocycles. The van der Waals surface area contributed by atoms with Crippen LogP contribution >= 0.6 is 0 Å². The van der Waals surface area contributed by atoms with Gasteiger partial charge in [0.2, 0.25) is 0 Å². The molecule has 3 aromatic rings. The highest BCUT2D eigenvalue weighted by atomic mass is 16.5. The van der Waals surface area contributed by atoms with Crippen molar-refractivity contribution < 1.29 is 4.74 Å². The SMILES string of the molecule is C[C@@H]1c2ncc(CCOCc3ccccn3)n2CCN1Cc1cn[nH]c1.